The van der Waals surface area contributed by atoms with Crippen molar-refractivity contribution in [2.24, 2.45) is 11.8 Å². The van der Waals surface area contributed by atoms with Crippen LogP contribution in [0.2, 0.25) is 0 Å². The van der Waals surface area contributed by atoms with Gasteiger partial charge in [-0.15, -0.1) is 26.3 Å². The van der Waals surface area contributed by atoms with Crippen molar-refractivity contribution in [3.8, 4) is 17.2 Å². The van der Waals surface area contributed by atoms with E-state index in [4.69, 9.17) is 9.47 Å². The first-order valence-electron chi connectivity index (χ1n) is 15.5. The molecular weight excluding hydrogens is 703 g/mol. The minimum atomic E-state index is -5.16. The first-order chi connectivity index (χ1) is 23.8. The molecule has 2 N–H and O–H groups in total. The first kappa shape index (κ1) is 39.0. The van der Waals surface area contributed by atoms with Crippen LogP contribution in [0, 0.1) is 11.8 Å². The molecule has 1 aliphatic rings. The van der Waals surface area contributed by atoms with E-state index >= 15 is 0 Å². The smallest absolute Gasteiger partial charge is 0.493 e. The van der Waals surface area contributed by atoms with Crippen LogP contribution in [0.25, 0.3) is 0 Å². The van der Waals surface area contributed by atoms with Gasteiger partial charge < -0.3 is 29.6 Å². The number of carbonyl (C=O) groups is 2. The number of alkyl halides is 9. The molecular formula is C34H33F9N2O6. The molecule has 0 spiro atoms. The van der Waals surface area contributed by atoms with Gasteiger partial charge in [0.05, 0.1) is 25.2 Å². The highest BCUT2D eigenvalue weighted by molar-refractivity contribution is 5.76. The molecule has 1 saturated carbocycles. The van der Waals surface area contributed by atoms with Gasteiger partial charge in [-0.3, -0.25) is 4.79 Å². The van der Waals surface area contributed by atoms with Crippen LogP contribution in [0.3, 0.4) is 0 Å². The second-order valence-electron chi connectivity index (χ2n) is 11.9. The lowest BCUT2D eigenvalue weighted by atomic mass is 9.77. The lowest BCUT2D eigenvalue weighted by Crippen LogP contribution is -2.53. The molecule has 3 aromatic carbocycles. The molecule has 17 heteroatoms. The highest BCUT2D eigenvalue weighted by atomic mass is 19.4. The number of esters is 1. The predicted octanol–water partition coefficient (Wildman–Crippen LogP) is 8.19. The van der Waals surface area contributed by atoms with Crippen LogP contribution in [0.4, 0.5) is 44.3 Å². The highest BCUT2D eigenvalue weighted by Gasteiger charge is 2.40. The largest absolute Gasteiger partial charge is 0.573 e. The van der Waals surface area contributed by atoms with Crippen molar-refractivity contribution in [3.63, 3.8) is 0 Å². The number of ether oxygens (including phenoxy) is 4. The second-order valence-corrected chi connectivity index (χ2v) is 11.9. The summed E-state index contributed by atoms with van der Waals surface area (Å²) in [5.74, 6) is -1.39. The van der Waals surface area contributed by atoms with Crippen molar-refractivity contribution in [1.82, 2.24) is 10.6 Å². The van der Waals surface area contributed by atoms with Crippen molar-refractivity contribution in [3.05, 3.63) is 89.5 Å². The number of hydrogen-bond acceptors (Lipinski definition) is 6. The van der Waals surface area contributed by atoms with Crippen molar-refractivity contribution in [2.75, 3.05) is 20.3 Å². The molecule has 3 aromatic rings. The summed E-state index contributed by atoms with van der Waals surface area (Å²) in [5, 5.41) is 4.01. The number of hydrogen-bond donors (Lipinski definition) is 2. The van der Waals surface area contributed by atoms with E-state index in [1.165, 1.54) is 31.4 Å². The molecule has 0 heterocycles. The van der Waals surface area contributed by atoms with E-state index in [1.807, 2.05) is 0 Å². The summed E-state index contributed by atoms with van der Waals surface area (Å²) in [5.41, 5.74) is -2.12. The maximum absolute atomic E-state index is 13.2. The Bertz CT molecular complexity index is 1560. The van der Waals surface area contributed by atoms with Crippen LogP contribution in [0.5, 0.6) is 17.2 Å². The summed E-state index contributed by atoms with van der Waals surface area (Å²) >= 11 is 0. The zero-order valence-corrected chi connectivity index (χ0v) is 26.9. The van der Waals surface area contributed by atoms with Gasteiger partial charge in [-0.05, 0) is 84.7 Å². The third-order valence-electron chi connectivity index (χ3n) is 8.16. The lowest BCUT2D eigenvalue weighted by Gasteiger charge is -2.37. The van der Waals surface area contributed by atoms with Crippen LogP contribution in [0.1, 0.15) is 42.4 Å². The Labute approximate surface area is 286 Å². The minimum absolute atomic E-state index is 0.162. The summed E-state index contributed by atoms with van der Waals surface area (Å²) in [4.78, 5) is 24.9. The number of nitrogens with one attached hydrogen (secondary N) is 2. The molecule has 4 rings (SSSR count). The molecule has 1 fully saturated rings. The van der Waals surface area contributed by atoms with Crippen LogP contribution >= 0.6 is 0 Å². The van der Waals surface area contributed by atoms with Crippen molar-refractivity contribution < 1.29 is 68.1 Å². The third kappa shape index (κ3) is 11.9. The Hall–Kier alpha value is -4.83. The summed E-state index contributed by atoms with van der Waals surface area (Å²) in [6, 6.07) is 13.0. The fraction of sp³-hybridized carbons (Fsp3) is 0.412. The molecule has 51 heavy (non-hydrogen) atoms. The summed E-state index contributed by atoms with van der Waals surface area (Å²) in [6.07, 6.45) is -12.8. The van der Waals surface area contributed by atoms with Crippen LogP contribution < -0.4 is 24.8 Å². The topological polar surface area (TPSA) is 95.1 Å². The van der Waals surface area contributed by atoms with E-state index < -0.39 is 54.9 Å². The van der Waals surface area contributed by atoms with Crippen molar-refractivity contribution in [2.45, 2.75) is 56.5 Å². The minimum Gasteiger partial charge on any atom is -0.493 e. The van der Waals surface area contributed by atoms with Gasteiger partial charge in [-0.25, -0.2) is 4.79 Å². The van der Waals surface area contributed by atoms with Crippen LogP contribution in [0.15, 0.2) is 72.8 Å². The summed E-state index contributed by atoms with van der Waals surface area (Å²) < 4.78 is 137. The molecule has 2 amide bonds. The number of urea groups is 1. The van der Waals surface area contributed by atoms with E-state index in [9.17, 15) is 49.1 Å². The molecule has 1 aliphatic carbocycles. The molecule has 0 radical (unpaired) electrons. The zero-order valence-electron chi connectivity index (χ0n) is 26.9. The summed E-state index contributed by atoms with van der Waals surface area (Å²) in [7, 11) is 1.34. The fourth-order valence-electron chi connectivity index (χ4n) is 5.85. The molecule has 0 saturated heterocycles. The van der Waals surface area contributed by atoms with Gasteiger partial charge in [-0.2, -0.15) is 13.2 Å². The van der Waals surface area contributed by atoms with Crippen molar-refractivity contribution in [1.29, 1.82) is 0 Å². The number of benzene rings is 3. The Morgan fingerprint density at radius 1 is 0.725 bits per heavy atom. The van der Waals surface area contributed by atoms with Gasteiger partial charge >= 0.3 is 30.9 Å². The molecule has 0 aliphatic heterocycles. The maximum Gasteiger partial charge on any atom is 0.573 e. The monoisotopic (exact) mass is 736 g/mol. The van der Waals surface area contributed by atoms with Gasteiger partial charge in [-0.1, -0.05) is 36.4 Å². The molecule has 278 valence electrons. The molecule has 0 aromatic heterocycles. The Kier molecular flexibility index (Phi) is 12.2. The maximum atomic E-state index is 13.2. The first-order valence-corrected chi connectivity index (χ1v) is 15.5. The standard InChI is InChI=1S/C34H33F9N2O6/c1-48-29(46)23-12-8-22(9-13-23)19-49-26-14-10-21(11-15-26)18-31(45-30(47)44-20-32(35,36)37,24-4-2-6-27(16-24)50-33(38,39)40)25-5-3-7-28(17-25)51-34(41,42)43/h2-7,10-11,14-17,22-23H,8-9,12-13,18-20H2,1H3,(H2,44,45,47)/t22-,23-. The highest BCUT2D eigenvalue weighted by Crippen LogP contribution is 2.39. The molecule has 0 bridgehead atoms. The molecule has 8 nitrogen and oxygen atoms in total. The number of methoxy groups -OCH3 is 1. The van der Waals surface area contributed by atoms with Crippen LogP contribution in [-0.4, -0.2) is 51.2 Å². The van der Waals surface area contributed by atoms with E-state index in [1.54, 1.807) is 17.4 Å². The lowest BCUT2D eigenvalue weighted by molar-refractivity contribution is -0.275. The molecule has 0 unspecified atom stereocenters. The normalized spacial score (nSPS) is 16.9. The number of amides is 2. The van der Waals surface area contributed by atoms with E-state index in [0.29, 0.717) is 30.8 Å². The number of rotatable bonds is 12. The Morgan fingerprint density at radius 2 is 1.25 bits per heavy atom. The fourth-order valence-corrected chi connectivity index (χ4v) is 5.85. The molecule has 0 atom stereocenters. The van der Waals surface area contributed by atoms with Gasteiger partial charge in [0, 0.05) is 6.42 Å². The van der Waals surface area contributed by atoms with E-state index in [0.717, 1.165) is 49.2 Å². The van der Waals surface area contributed by atoms with Gasteiger partial charge in [0.2, 0.25) is 0 Å². The van der Waals surface area contributed by atoms with E-state index in [-0.39, 0.29) is 28.9 Å². The van der Waals surface area contributed by atoms with Gasteiger partial charge in [0.25, 0.3) is 0 Å². The predicted molar refractivity (Wildman–Crippen MR) is 163 cm³/mol. The second kappa shape index (κ2) is 16.0. The average Bonchev–Trinajstić information content (AvgIpc) is 3.05. The number of carbonyl (C=O) groups excluding carboxylic acids is 2. The van der Waals surface area contributed by atoms with E-state index in [2.05, 4.69) is 14.8 Å². The Balaban J connectivity index is 1.70. The van der Waals surface area contributed by atoms with Crippen LogP contribution in [-0.2, 0) is 21.5 Å². The zero-order chi connectivity index (χ0) is 37.5. The van der Waals surface area contributed by atoms with Gasteiger partial charge in [0.1, 0.15) is 23.8 Å². The summed E-state index contributed by atoms with van der Waals surface area (Å²) in [6.45, 7) is -1.46. The average molecular weight is 737 g/mol. The van der Waals surface area contributed by atoms with Gasteiger partial charge in [0.15, 0.2) is 0 Å². The Morgan fingerprint density at radius 3 is 1.73 bits per heavy atom. The number of halogens is 9. The SMILES string of the molecule is COC(=O)[C@H]1CC[C@H](COc2ccc(CC(NC(=O)NCC(F)(F)F)(c3cccc(OC(F)(F)F)c3)c3cccc(OC(F)(F)F)c3)cc2)CC1. The quantitative estimate of drug-likeness (QED) is 0.144. The third-order valence-corrected chi connectivity index (χ3v) is 8.16. The van der Waals surface area contributed by atoms with Crippen molar-refractivity contribution >= 4 is 12.0 Å².